The van der Waals surface area contributed by atoms with E-state index in [0.29, 0.717) is 5.25 Å². The molecule has 0 amide bonds. The van der Waals surface area contributed by atoms with Crippen LogP contribution in [-0.2, 0) is 0 Å². The highest BCUT2D eigenvalue weighted by molar-refractivity contribution is 8.00. The van der Waals surface area contributed by atoms with Gasteiger partial charge in [0.25, 0.3) is 0 Å². The number of allylic oxidation sites excluding steroid dienone is 3. The molecule has 0 aromatic carbocycles. The van der Waals surface area contributed by atoms with Crippen LogP contribution in [0.3, 0.4) is 0 Å². The largest absolute Gasteiger partial charge is 0.403 e. The van der Waals surface area contributed by atoms with Gasteiger partial charge in [0, 0.05) is 35.3 Å². The lowest BCUT2D eigenvalue weighted by Gasteiger charge is -2.21. The second-order valence-corrected chi connectivity index (χ2v) is 7.26. The van der Waals surface area contributed by atoms with Crippen LogP contribution >= 0.6 is 11.8 Å². The van der Waals surface area contributed by atoms with Crippen molar-refractivity contribution in [1.29, 1.82) is 0 Å². The molecule has 118 valence electrons. The summed E-state index contributed by atoms with van der Waals surface area (Å²) >= 11 is 2.02. The third-order valence-electron chi connectivity index (χ3n) is 3.72. The van der Waals surface area contributed by atoms with Crippen LogP contribution in [0.2, 0.25) is 0 Å². The Kier molecular flexibility index (Phi) is 7.73. The number of unbranched alkanes of at least 4 members (excludes halogenated alkanes) is 1. The highest BCUT2D eigenvalue weighted by atomic mass is 32.2. The van der Waals surface area contributed by atoms with E-state index in [1.165, 1.54) is 35.6 Å². The van der Waals surface area contributed by atoms with Crippen LogP contribution in [0, 0.1) is 0 Å². The van der Waals surface area contributed by atoms with Gasteiger partial charge < -0.3 is 10.6 Å². The van der Waals surface area contributed by atoms with Gasteiger partial charge in [-0.05, 0) is 44.8 Å². The maximum atomic E-state index is 5.62. The van der Waals surface area contributed by atoms with Crippen molar-refractivity contribution in [3.8, 4) is 0 Å². The molecule has 1 aliphatic rings. The van der Waals surface area contributed by atoms with Gasteiger partial charge in [-0.1, -0.05) is 25.3 Å². The maximum absolute atomic E-state index is 5.62. The van der Waals surface area contributed by atoms with Crippen LogP contribution in [-0.4, -0.2) is 22.4 Å². The Hall–Kier alpha value is -1.09. The molecule has 1 saturated heterocycles. The highest BCUT2D eigenvalue weighted by Gasteiger charge is 2.28. The molecule has 1 rings (SSSR count). The van der Waals surface area contributed by atoms with Crippen molar-refractivity contribution in [2.24, 2.45) is 5.73 Å². The zero-order chi connectivity index (χ0) is 15.8. The molecule has 0 aromatic heterocycles. The molecular weight excluding hydrogens is 276 g/mol. The lowest BCUT2D eigenvalue weighted by molar-refractivity contribution is 0.446. The number of hydrogen-bond donors (Lipinski definition) is 1. The Morgan fingerprint density at radius 3 is 2.57 bits per heavy atom. The molecule has 0 aliphatic carbocycles. The molecule has 21 heavy (non-hydrogen) atoms. The van der Waals surface area contributed by atoms with Crippen LogP contribution in [0.4, 0.5) is 0 Å². The lowest BCUT2D eigenvalue weighted by atomic mass is 10.2. The Bertz CT molecular complexity index is 411. The molecule has 0 aromatic rings. The predicted molar refractivity (Wildman–Crippen MR) is 97.1 cm³/mol. The summed E-state index contributed by atoms with van der Waals surface area (Å²) < 4.78 is 0. The number of hydrogen-bond acceptors (Lipinski definition) is 3. The SMILES string of the molecule is C=C(C)CCCCSC1CC(=C)N(CCCC(=C)N)C1=C. The second kappa shape index (κ2) is 9.04. The number of rotatable bonds is 10. The van der Waals surface area contributed by atoms with Crippen LogP contribution in [0.15, 0.2) is 49.0 Å². The number of thioether (sulfide) groups is 1. The van der Waals surface area contributed by atoms with Gasteiger partial charge in [0.2, 0.25) is 0 Å². The molecule has 0 spiro atoms. The van der Waals surface area contributed by atoms with E-state index in [9.17, 15) is 0 Å². The minimum absolute atomic E-state index is 0.503. The van der Waals surface area contributed by atoms with E-state index in [-0.39, 0.29) is 0 Å². The molecule has 0 radical (unpaired) electrons. The normalized spacial score (nSPS) is 18.3. The van der Waals surface area contributed by atoms with Crippen LogP contribution in [0.5, 0.6) is 0 Å². The van der Waals surface area contributed by atoms with Gasteiger partial charge in [-0.25, -0.2) is 0 Å². The third-order valence-corrected chi connectivity index (χ3v) is 5.08. The first-order valence-corrected chi connectivity index (χ1v) is 8.80. The molecule has 1 unspecified atom stereocenters. The molecule has 1 heterocycles. The van der Waals surface area contributed by atoms with E-state index in [4.69, 9.17) is 5.73 Å². The molecule has 0 bridgehead atoms. The Morgan fingerprint density at radius 1 is 1.24 bits per heavy atom. The highest BCUT2D eigenvalue weighted by Crippen LogP contribution is 2.37. The van der Waals surface area contributed by atoms with Crippen molar-refractivity contribution in [1.82, 2.24) is 4.90 Å². The monoisotopic (exact) mass is 306 g/mol. The summed E-state index contributed by atoms with van der Waals surface area (Å²) in [5, 5.41) is 0.503. The average molecular weight is 307 g/mol. The van der Waals surface area contributed by atoms with Crippen LogP contribution < -0.4 is 5.73 Å². The molecule has 1 atom stereocenters. The zero-order valence-electron chi connectivity index (χ0n) is 13.5. The molecule has 1 aliphatic heterocycles. The van der Waals surface area contributed by atoms with E-state index in [0.717, 1.165) is 37.9 Å². The van der Waals surface area contributed by atoms with E-state index >= 15 is 0 Å². The van der Waals surface area contributed by atoms with Crippen molar-refractivity contribution in [2.45, 2.75) is 50.7 Å². The van der Waals surface area contributed by atoms with Crippen LogP contribution in [0.1, 0.15) is 45.4 Å². The van der Waals surface area contributed by atoms with Crippen molar-refractivity contribution < 1.29 is 0 Å². The molecule has 1 fully saturated rings. The zero-order valence-corrected chi connectivity index (χ0v) is 14.3. The van der Waals surface area contributed by atoms with Gasteiger partial charge in [0.15, 0.2) is 0 Å². The first-order chi connectivity index (χ1) is 9.91. The predicted octanol–water partition coefficient (Wildman–Crippen LogP) is 4.82. The van der Waals surface area contributed by atoms with Gasteiger partial charge in [-0.3, -0.25) is 0 Å². The quantitative estimate of drug-likeness (QED) is 0.463. The Morgan fingerprint density at radius 2 is 1.95 bits per heavy atom. The van der Waals surface area contributed by atoms with Crippen molar-refractivity contribution in [3.63, 3.8) is 0 Å². The molecular formula is C18H30N2S. The summed E-state index contributed by atoms with van der Waals surface area (Å²) in [7, 11) is 0. The van der Waals surface area contributed by atoms with E-state index < -0.39 is 0 Å². The van der Waals surface area contributed by atoms with E-state index in [1.807, 2.05) is 11.8 Å². The third kappa shape index (κ3) is 6.47. The van der Waals surface area contributed by atoms with Crippen molar-refractivity contribution >= 4 is 11.8 Å². The number of nitrogens with two attached hydrogens (primary N) is 1. The van der Waals surface area contributed by atoms with Gasteiger partial charge in [0.05, 0.1) is 0 Å². The smallest absolute Gasteiger partial charge is 0.0498 e. The summed E-state index contributed by atoms with van der Waals surface area (Å²) in [5.41, 5.74) is 10.1. The molecule has 3 heteroatoms. The number of likely N-dealkylation sites (tertiary alicyclic amines) is 1. The van der Waals surface area contributed by atoms with E-state index in [2.05, 4.69) is 38.1 Å². The lowest BCUT2D eigenvalue weighted by Crippen LogP contribution is -2.19. The average Bonchev–Trinajstić information content (AvgIpc) is 2.65. The Labute approximate surface area is 134 Å². The summed E-state index contributed by atoms with van der Waals surface area (Å²) in [5.74, 6) is 1.19. The first kappa shape index (κ1) is 18.0. The minimum atomic E-state index is 0.503. The molecule has 0 saturated carbocycles. The Balaban J connectivity index is 2.28. The van der Waals surface area contributed by atoms with Crippen molar-refractivity contribution in [2.75, 3.05) is 12.3 Å². The summed E-state index contributed by atoms with van der Waals surface area (Å²) in [4.78, 5) is 2.27. The standard InChI is InChI=1S/C18H30N2S/c1-14(2)9-6-7-12-21-18-13-16(4)20(17(18)5)11-8-10-15(3)19/h18H,1,3-13,19H2,2H3. The molecule has 2 nitrogen and oxygen atoms in total. The van der Waals surface area contributed by atoms with E-state index in [1.54, 1.807) is 0 Å². The summed E-state index contributed by atoms with van der Waals surface area (Å²) in [6, 6.07) is 0. The second-order valence-electron chi connectivity index (χ2n) is 5.95. The van der Waals surface area contributed by atoms with Gasteiger partial charge in [0.1, 0.15) is 0 Å². The first-order valence-electron chi connectivity index (χ1n) is 7.75. The fraction of sp³-hybridized carbons (Fsp3) is 0.556. The van der Waals surface area contributed by atoms with Gasteiger partial charge >= 0.3 is 0 Å². The fourth-order valence-electron chi connectivity index (χ4n) is 2.49. The van der Waals surface area contributed by atoms with Crippen molar-refractivity contribution in [3.05, 3.63) is 49.0 Å². The van der Waals surface area contributed by atoms with Gasteiger partial charge in [-0.15, -0.1) is 6.58 Å². The summed E-state index contributed by atoms with van der Waals surface area (Å²) in [6.07, 6.45) is 6.56. The topological polar surface area (TPSA) is 29.3 Å². The van der Waals surface area contributed by atoms with Gasteiger partial charge in [-0.2, -0.15) is 11.8 Å². The maximum Gasteiger partial charge on any atom is 0.0498 e. The summed E-state index contributed by atoms with van der Waals surface area (Å²) in [6.45, 7) is 19.2. The van der Waals surface area contributed by atoms with Crippen LogP contribution in [0.25, 0.3) is 0 Å². The molecule has 2 N–H and O–H groups in total. The fourth-order valence-corrected chi connectivity index (χ4v) is 3.78. The number of nitrogens with zero attached hydrogens (tertiary/aromatic N) is 1. The minimum Gasteiger partial charge on any atom is -0.403 e.